The van der Waals surface area contributed by atoms with Gasteiger partial charge in [-0.15, -0.1) is 0 Å². The highest BCUT2D eigenvalue weighted by Crippen LogP contribution is 2.08. The Morgan fingerprint density at radius 1 is 1.38 bits per heavy atom. The second-order valence-corrected chi connectivity index (χ2v) is 4.94. The van der Waals surface area contributed by atoms with Crippen molar-refractivity contribution in [1.29, 1.82) is 0 Å². The second-order valence-electron chi connectivity index (χ2n) is 3.70. The van der Waals surface area contributed by atoms with Gasteiger partial charge in [-0.2, -0.15) is 0 Å². The van der Waals surface area contributed by atoms with Crippen LogP contribution in [-0.4, -0.2) is 43.8 Å². The fourth-order valence-corrected chi connectivity index (χ4v) is 1.49. The first-order valence-corrected chi connectivity index (χ1v) is 7.23. The molecule has 0 fully saturated rings. The summed E-state index contributed by atoms with van der Waals surface area (Å²) >= 11 is 2.15. The van der Waals surface area contributed by atoms with Gasteiger partial charge < -0.3 is 20.1 Å². The van der Waals surface area contributed by atoms with Gasteiger partial charge in [0, 0.05) is 35.5 Å². The summed E-state index contributed by atoms with van der Waals surface area (Å²) in [6.07, 6.45) is 3.95. The molecule has 0 aromatic carbocycles. The number of nitrogens with one attached hydrogen (secondary N) is 2. The second kappa shape index (κ2) is 9.97. The van der Waals surface area contributed by atoms with Crippen molar-refractivity contribution in [2.45, 2.75) is 0 Å². The number of nitrogens with zero attached hydrogens (tertiary/aromatic N) is 1. The van der Waals surface area contributed by atoms with Gasteiger partial charge in [-0.1, -0.05) is 6.08 Å². The number of amides is 2. The van der Waals surface area contributed by atoms with E-state index in [4.69, 9.17) is 9.47 Å². The lowest BCUT2D eigenvalue weighted by Crippen LogP contribution is -2.26. The molecule has 0 aliphatic rings. The van der Waals surface area contributed by atoms with Crippen molar-refractivity contribution in [3.8, 4) is 5.88 Å². The van der Waals surface area contributed by atoms with E-state index in [-0.39, 0.29) is 25.7 Å². The minimum atomic E-state index is -0.573. The van der Waals surface area contributed by atoms with E-state index in [0.717, 1.165) is 3.57 Å². The van der Waals surface area contributed by atoms with E-state index < -0.39 is 6.09 Å². The molecule has 7 nitrogen and oxygen atoms in total. The lowest BCUT2D eigenvalue weighted by molar-refractivity contribution is -0.116. The van der Waals surface area contributed by atoms with E-state index >= 15 is 0 Å². The SMILES string of the molecule is CNC(=O)/C=C/CNC(=O)OCCOc1ccc(I)cn1. The van der Waals surface area contributed by atoms with Crippen molar-refractivity contribution in [2.24, 2.45) is 0 Å². The first-order chi connectivity index (χ1) is 10.1. The Morgan fingerprint density at radius 3 is 2.86 bits per heavy atom. The zero-order valence-corrected chi connectivity index (χ0v) is 13.6. The zero-order valence-electron chi connectivity index (χ0n) is 11.5. The molecule has 0 unspecified atom stereocenters. The van der Waals surface area contributed by atoms with Crippen LogP contribution in [0.2, 0.25) is 0 Å². The van der Waals surface area contributed by atoms with Gasteiger partial charge in [0.2, 0.25) is 11.8 Å². The number of hydrogen-bond acceptors (Lipinski definition) is 5. The lowest BCUT2D eigenvalue weighted by Gasteiger charge is -2.07. The molecule has 1 rings (SSSR count). The number of rotatable bonds is 7. The van der Waals surface area contributed by atoms with Gasteiger partial charge in [0.15, 0.2) is 0 Å². The third-order valence-corrected chi connectivity index (χ3v) is 2.78. The van der Waals surface area contributed by atoms with E-state index in [9.17, 15) is 9.59 Å². The predicted octanol–water partition coefficient (Wildman–Crippen LogP) is 1.09. The molecule has 1 aromatic rings. The van der Waals surface area contributed by atoms with E-state index in [1.165, 1.54) is 19.2 Å². The number of ether oxygens (including phenoxy) is 2. The quantitative estimate of drug-likeness (QED) is 0.403. The van der Waals surface area contributed by atoms with Crippen molar-refractivity contribution in [3.05, 3.63) is 34.1 Å². The van der Waals surface area contributed by atoms with Crippen LogP contribution in [0, 0.1) is 3.57 Å². The van der Waals surface area contributed by atoms with Gasteiger partial charge in [-0.05, 0) is 28.7 Å². The van der Waals surface area contributed by atoms with E-state index in [1.807, 2.05) is 6.07 Å². The summed E-state index contributed by atoms with van der Waals surface area (Å²) in [6, 6.07) is 3.61. The summed E-state index contributed by atoms with van der Waals surface area (Å²) in [5, 5.41) is 4.89. The minimum Gasteiger partial charge on any atom is -0.474 e. The Kier molecular flexibility index (Phi) is 8.17. The number of carbonyl (C=O) groups is 2. The molecular formula is C13H16IN3O4. The maximum atomic E-state index is 11.3. The monoisotopic (exact) mass is 405 g/mol. The normalized spacial score (nSPS) is 10.2. The molecule has 114 valence electrons. The summed E-state index contributed by atoms with van der Waals surface area (Å²) < 4.78 is 11.2. The van der Waals surface area contributed by atoms with Crippen molar-refractivity contribution in [1.82, 2.24) is 15.6 Å². The van der Waals surface area contributed by atoms with E-state index in [1.54, 1.807) is 12.3 Å². The largest absolute Gasteiger partial charge is 0.474 e. The molecule has 0 bridgehead atoms. The number of hydrogen-bond donors (Lipinski definition) is 2. The third kappa shape index (κ3) is 8.12. The number of likely N-dealkylation sites (N-methyl/N-ethyl adjacent to an activating group) is 1. The average molecular weight is 405 g/mol. The van der Waals surface area contributed by atoms with Gasteiger partial charge in [0.1, 0.15) is 13.2 Å². The molecule has 8 heteroatoms. The number of alkyl carbamates (subject to hydrolysis) is 1. The van der Waals surface area contributed by atoms with Crippen LogP contribution in [-0.2, 0) is 9.53 Å². The molecule has 2 N–H and O–H groups in total. The first kappa shape index (κ1) is 17.2. The summed E-state index contributed by atoms with van der Waals surface area (Å²) in [5.74, 6) is 0.247. The number of halogens is 1. The first-order valence-electron chi connectivity index (χ1n) is 6.15. The van der Waals surface area contributed by atoms with Crippen LogP contribution in [0.15, 0.2) is 30.5 Å². The highest BCUT2D eigenvalue weighted by atomic mass is 127. The van der Waals surface area contributed by atoms with Crippen LogP contribution in [0.3, 0.4) is 0 Å². The summed E-state index contributed by atoms with van der Waals surface area (Å²) in [4.78, 5) is 26.2. The van der Waals surface area contributed by atoms with Gasteiger partial charge in [-0.3, -0.25) is 4.79 Å². The molecule has 0 saturated heterocycles. The smallest absolute Gasteiger partial charge is 0.407 e. The van der Waals surface area contributed by atoms with Crippen molar-refractivity contribution >= 4 is 34.6 Å². The molecule has 1 aromatic heterocycles. The number of aromatic nitrogens is 1. The Balaban J connectivity index is 2.09. The molecule has 1 heterocycles. The maximum absolute atomic E-state index is 11.3. The molecule has 0 aliphatic carbocycles. The van der Waals surface area contributed by atoms with Crippen LogP contribution in [0.4, 0.5) is 4.79 Å². The molecule has 0 spiro atoms. The fourth-order valence-electron chi connectivity index (χ4n) is 1.17. The maximum Gasteiger partial charge on any atom is 0.407 e. The van der Waals surface area contributed by atoms with E-state index in [2.05, 4.69) is 38.2 Å². The van der Waals surface area contributed by atoms with Crippen molar-refractivity contribution in [2.75, 3.05) is 26.8 Å². The highest BCUT2D eigenvalue weighted by Gasteiger charge is 2.00. The topological polar surface area (TPSA) is 89.6 Å². The minimum absolute atomic E-state index is 0.110. The number of pyridine rings is 1. The Labute approximate surface area is 136 Å². The summed E-state index contributed by atoms with van der Waals surface area (Å²) in [6.45, 7) is 0.541. The van der Waals surface area contributed by atoms with Crippen LogP contribution < -0.4 is 15.4 Å². The molecular weight excluding hydrogens is 389 g/mol. The van der Waals surface area contributed by atoms with Crippen LogP contribution >= 0.6 is 22.6 Å². The highest BCUT2D eigenvalue weighted by molar-refractivity contribution is 14.1. The van der Waals surface area contributed by atoms with Gasteiger partial charge in [0.25, 0.3) is 0 Å². The summed E-state index contributed by atoms with van der Waals surface area (Å²) in [5.41, 5.74) is 0. The summed E-state index contributed by atoms with van der Waals surface area (Å²) in [7, 11) is 1.52. The van der Waals surface area contributed by atoms with Crippen LogP contribution in [0.5, 0.6) is 5.88 Å². The third-order valence-electron chi connectivity index (χ3n) is 2.15. The fraction of sp³-hybridized carbons (Fsp3) is 0.308. The molecule has 0 saturated carbocycles. The number of carbonyl (C=O) groups excluding carboxylic acids is 2. The van der Waals surface area contributed by atoms with Crippen LogP contribution in [0.25, 0.3) is 0 Å². The van der Waals surface area contributed by atoms with Crippen molar-refractivity contribution < 1.29 is 19.1 Å². The molecule has 21 heavy (non-hydrogen) atoms. The molecule has 2 amide bonds. The Hall–Kier alpha value is -1.84. The van der Waals surface area contributed by atoms with E-state index in [0.29, 0.717) is 5.88 Å². The van der Waals surface area contributed by atoms with Gasteiger partial charge in [-0.25, -0.2) is 9.78 Å². The molecule has 0 radical (unpaired) electrons. The van der Waals surface area contributed by atoms with Crippen LogP contribution in [0.1, 0.15) is 0 Å². The van der Waals surface area contributed by atoms with Gasteiger partial charge >= 0.3 is 6.09 Å². The molecule has 0 atom stereocenters. The van der Waals surface area contributed by atoms with Gasteiger partial charge in [0.05, 0.1) is 0 Å². The average Bonchev–Trinajstić information content (AvgIpc) is 2.49. The Bertz CT molecular complexity index is 491. The Morgan fingerprint density at radius 2 is 2.19 bits per heavy atom. The lowest BCUT2D eigenvalue weighted by atomic mass is 10.4. The standard InChI is InChI=1S/C13H16IN3O4/c1-15-11(18)3-2-6-16-13(19)21-8-7-20-12-5-4-10(14)9-17-12/h2-5,9H,6-8H2,1H3,(H,15,18)(H,16,19)/b3-2+. The van der Waals surface area contributed by atoms with Crippen molar-refractivity contribution in [3.63, 3.8) is 0 Å². The molecule has 0 aliphatic heterocycles. The zero-order chi connectivity index (χ0) is 15.5. The predicted molar refractivity (Wildman–Crippen MR) is 85.0 cm³/mol.